The van der Waals surface area contributed by atoms with E-state index in [0.717, 1.165) is 12.0 Å². The van der Waals surface area contributed by atoms with Gasteiger partial charge >= 0.3 is 0 Å². The average Bonchev–Trinajstić information content (AvgIpc) is 2.93. The van der Waals surface area contributed by atoms with Gasteiger partial charge in [0.25, 0.3) is 0 Å². The summed E-state index contributed by atoms with van der Waals surface area (Å²) >= 11 is 11.9. The van der Waals surface area contributed by atoms with Crippen LogP contribution in [0, 0.1) is 5.92 Å². The first-order valence-corrected chi connectivity index (χ1v) is 5.56. The van der Waals surface area contributed by atoms with Gasteiger partial charge in [0.2, 0.25) is 0 Å². The molecule has 1 aliphatic rings. The molecule has 1 fully saturated rings. The van der Waals surface area contributed by atoms with Crippen LogP contribution in [0.4, 0.5) is 0 Å². The molecular weight excluding hydrogens is 219 g/mol. The van der Waals surface area contributed by atoms with E-state index >= 15 is 0 Å². The van der Waals surface area contributed by atoms with Crippen molar-refractivity contribution in [3.05, 3.63) is 33.8 Å². The third kappa shape index (κ3) is 2.22. The summed E-state index contributed by atoms with van der Waals surface area (Å²) in [6, 6.07) is 5.39. The maximum absolute atomic E-state index is 9.89. The first-order chi connectivity index (χ1) is 6.68. The third-order valence-corrected chi connectivity index (χ3v) is 3.43. The highest BCUT2D eigenvalue weighted by molar-refractivity contribution is 6.42. The molecule has 1 atom stereocenters. The lowest BCUT2D eigenvalue weighted by Gasteiger charge is -2.12. The molecule has 0 radical (unpaired) electrons. The molecule has 1 aliphatic carbocycles. The van der Waals surface area contributed by atoms with Crippen LogP contribution in [0.1, 0.15) is 30.9 Å². The molecular formula is C11H12Cl2O. The fourth-order valence-electron chi connectivity index (χ4n) is 1.57. The summed E-state index contributed by atoms with van der Waals surface area (Å²) in [7, 11) is 0. The molecule has 0 heterocycles. The van der Waals surface area contributed by atoms with E-state index in [2.05, 4.69) is 0 Å². The topological polar surface area (TPSA) is 20.2 Å². The Hall–Kier alpha value is -0.240. The van der Waals surface area contributed by atoms with E-state index < -0.39 is 6.10 Å². The van der Waals surface area contributed by atoms with Gasteiger partial charge in [-0.15, -0.1) is 0 Å². The van der Waals surface area contributed by atoms with Gasteiger partial charge in [-0.05, 0) is 18.4 Å². The second-order valence-electron chi connectivity index (χ2n) is 3.84. The number of halogens is 2. The SMILES string of the molecule is OC(CC1CC1)c1cccc(Cl)c1Cl. The van der Waals surface area contributed by atoms with Gasteiger partial charge in [-0.3, -0.25) is 0 Å². The highest BCUT2D eigenvalue weighted by Crippen LogP contribution is 2.40. The third-order valence-electron chi connectivity index (χ3n) is 2.59. The Morgan fingerprint density at radius 2 is 2.07 bits per heavy atom. The summed E-state index contributed by atoms with van der Waals surface area (Å²) in [5, 5.41) is 10.9. The van der Waals surface area contributed by atoms with E-state index in [1.165, 1.54) is 12.8 Å². The molecule has 0 spiro atoms. The number of hydrogen-bond acceptors (Lipinski definition) is 1. The summed E-state index contributed by atoms with van der Waals surface area (Å²) in [5.74, 6) is 0.681. The molecule has 0 aliphatic heterocycles. The van der Waals surface area contributed by atoms with Crippen LogP contribution in [-0.2, 0) is 0 Å². The Morgan fingerprint density at radius 1 is 1.36 bits per heavy atom. The first-order valence-electron chi connectivity index (χ1n) is 4.80. The molecule has 1 unspecified atom stereocenters. The van der Waals surface area contributed by atoms with Crippen molar-refractivity contribution >= 4 is 23.2 Å². The van der Waals surface area contributed by atoms with Crippen molar-refractivity contribution in [3.8, 4) is 0 Å². The van der Waals surface area contributed by atoms with E-state index in [1.807, 2.05) is 12.1 Å². The normalized spacial score (nSPS) is 18.2. The van der Waals surface area contributed by atoms with Crippen LogP contribution in [0.5, 0.6) is 0 Å². The number of aliphatic hydroxyl groups excluding tert-OH is 1. The van der Waals surface area contributed by atoms with Gasteiger partial charge in [-0.25, -0.2) is 0 Å². The van der Waals surface area contributed by atoms with Crippen LogP contribution in [0.15, 0.2) is 18.2 Å². The highest BCUT2D eigenvalue weighted by atomic mass is 35.5. The predicted molar refractivity (Wildman–Crippen MR) is 58.8 cm³/mol. The van der Waals surface area contributed by atoms with Crippen LogP contribution in [0.25, 0.3) is 0 Å². The molecule has 1 aromatic rings. The minimum atomic E-state index is -0.464. The second-order valence-corrected chi connectivity index (χ2v) is 4.62. The van der Waals surface area contributed by atoms with E-state index in [9.17, 15) is 5.11 Å². The van der Waals surface area contributed by atoms with Gasteiger partial charge in [-0.1, -0.05) is 48.2 Å². The smallest absolute Gasteiger partial charge is 0.0807 e. The van der Waals surface area contributed by atoms with Crippen molar-refractivity contribution in [2.24, 2.45) is 5.92 Å². The van der Waals surface area contributed by atoms with E-state index in [0.29, 0.717) is 16.0 Å². The number of benzene rings is 1. The lowest BCUT2D eigenvalue weighted by Crippen LogP contribution is -1.99. The zero-order chi connectivity index (χ0) is 10.1. The average molecular weight is 231 g/mol. The minimum Gasteiger partial charge on any atom is -0.388 e. The molecule has 1 saturated carbocycles. The number of aliphatic hydroxyl groups is 1. The molecule has 0 amide bonds. The molecule has 14 heavy (non-hydrogen) atoms. The molecule has 1 N–H and O–H groups in total. The summed E-state index contributed by atoms with van der Waals surface area (Å²) in [6.45, 7) is 0. The van der Waals surface area contributed by atoms with Crippen molar-refractivity contribution < 1.29 is 5.11 Å². The maximum Gasteiger partial charge on any atom is 0.0807 e. The van der Waals surface area contributed by atoms with Crippen molar-refractivity contribution in [1.82, 2.24) is 0 Å². The van der Waals surface area contributed by atoms with Crippen molar-refractivity contribution in [3.63, 3.8) is 0 Å². The van der Waals surface area contributed by atoms with Crippen molar-refractivity contribution in [1.29, 1.82) is 0 Å². The molecule has 1 aromatic carbocycles. The Kier molecular flexibility index (Phi) is 3.01. The van der Waals surface area contributed by atoms with Crippen molar-refractivity contribution in [2.75, 3.05) is 0 Å². The van der Waals surface area contributed by atoms with E-state index in [-0.39, 0.29) is 0 Å². The summed E-state index contributed by atoms with van der Waals surface area (Å²) < 4.78 is 0. The van der Waals surface area contributed by atoms with Crippen LogP contribution in [0.2, 0.25) is 10.0 Å². The molecule has 0 saturated heterocycles. The quantitative estimate of drug-likeness (QED) is 0.838. The lowest BCUT2D eigenvalue weighted by atomic mass is 10.0. The van der Waals surface area contributed by atoms with Crippen LogP contribution >= 0.6 is 23.2 Å². The Labute approximate surface area is 93.7 Å². The second kappa shape index (κ2) is 4.09. The summed E-state index contributed by atoms with van der Waals surface area (Å²) in [4.78, 5) is 0. The monoisotopic (exact) mass is 230 g/mol. The summed E-state index contributed by atoms with van der Waals surface area (Å²) in [6.07, 6.45) is 2.80. The summed E-state index contributed by atoms with van der Waals surface area (Å²) in [5.41, 5.74) is 0.756. The highest BCUT2D eigenvalue weighted by Gasteiger charge is 2.26. The molecule has 76 valence electrons. The first kappa shape index (κ1) is 10.3. The van der Waals surface area contributed by atoms with Gasteiger partial charge in [0.1, 0.15) is 0 Å². The predicted octanol–water partition coefficient (Wildman–Crippen LogP) is 3.83. The lowest BCUT2D eigenvalue weighted by molar-refractivity contribution is 0.160. The zero-order valence-electron chi connectivity index (χ0n) is 7.71. The molecule has 2 rings (SSSR count). The molecule has 0 bridgehead atoms. The van der Waals surface area contributed by atoms with Gasteiger partial charge in [-0.2, -0.15) is 0 Å². The fraction of sp³-hybridized carbons (Fsp3) is 0.455. The van der Waals surface area contributed by atoms with Gasteiger partial charge in [0.15, 0.2) is 0 Å². The van der Waals surface area contributed by atoms with Gasteiger partial charge in [0.05, 0.1) is 16.1 Å². The van der Waals surface area contributed by atoms with Crippen LogP contribution in [-0.4, -0.2) is 5.11 Å². The van der Waals surface area contributed by atoms with Crippen LogP contribution in [0.3, 0.4) is 0 Å². The number of hydrogen-bond donors (Lipinski definition) is 1. The zero-order valence-corrected chi connectivity index (χ0v) is 9.22. The maximum atomic E-state index is 9.89. The minimum absolute atomic E-state index is 0.464. The standard InChI is InChI=1S/C11H12Cl2O/c12-9-3-1-2-8(11(9)13)10(14)6-7-4-5-7/h1-3,7,10,14H,4-6H2. The van der Waals surface area contributed by atoms with Crippen molar-refractivity contribution in [2.45, 2.75) is 25.4 Å². The number of rotatable bonds is 3. The van der Waals surface area contributed by atoms with Crippen LogP contribution < -0.4 is 0 Å². The van der Waals surface area contributed by atoms with E-state index in [4.69, 9.17) is 23.2 Å². The fourth-order valence-corrected chi connectivity index (χ4v) is 2.01. The van der Waals surface area contributed by atoms with Gasteiger partial charge in [0, 0.05) is 5.56 Å². The Morgan fingerprint density at radius 3 is 2.71 bits per heavy atom. The largest absolute Gasteiger partial charge is 0.388 e. The molecule has 1 nitrogen and oxygen atoms in total. The van der Waals surface area contributed by atoms with Gasteiger partial charge < -0.3 is 5.11 Å². The Balaban J connectivity index is 2.16. The molecule has 0 aromatic heterocycles. The Bertz CT molecular complexity index is 334. The molecule has 3 heteroatoms. The van der Waals surface area contributed by atoms with E-state index in [1.54, 1.807) is 6.07 Å².